The summed E-state index contributed by atoms with van der Waals surface area (Å²) >= 11 is 0. The molecule has 0 aromatic heterocycles. The van der Waals surface area contributed by atoms with Crippen molar-refractivity contribution >= 4 is 0 Å². The number of fused-ring (bicyclic) bond motifs is 5. The summed E-state index contributed by atoms with van der Waals surface area (Å²) in [5.41, 5.74) is 6.79. The fourth-order valence-corrected chi connectivity index (χ4v) is 5.92. The second-order valence-corrected chi connectivity index (χ2v) is 9.06. The van der Waals surface area contributed by atoms with Gasteiger partial charge in [0.25, 0.3) is 0 Å². The van der Waals surface area contributed by atoms with E-state index >= 15 is 0 Å². The van der Waals surface area contributed by atoms with E-state index in [4.69, 9.17) is 18.9 Å². The number of hydrogen-bond donors (Lipinski definition) is 0. The van der Waals surface area contributed by atoms with Crippen molar-refractivity contribution in [2.24, 2.45) is 0 Å². The Morgan fingerprint density at radius 3 is 2.53 bits per heavy atom. The number of nitrogens with zero attached hydrogens (tertiary/aromatic N) is 1. The Balaban J connectivity index is 1.51. The van der Waals surface area contributed by atoms with Gasteiger partial charge in [-0.1, -0.05) is 36.4 Å². The van der Waals surface area contributed by atoms with E-state index in [0.29, 0.717) is 12.8 Å². The predicted octanol–water partition coefficient (Wildman–Crippen LogP) is 4.80. The molecule has 0 N–H and O–H groups in total. The van der Waals surface area contributed by atoms with Gasteiger partial charge in [0.2, 0.25) is 6.79 Å². The van der Waals surface area contributed by atoms with E-state index in [9.17, 15) is 0 Å². The Kier molecular flexibility index (Phi) is 4.54. The van der Waals surface area contributed by atoms with E-state index < -0.39 is 0 Å². The van der Waals surface area contributed by atoms with Crippen molar-refractivity contribution in [3.63, 3.8) is 0 Å². The van der Waals surface area contributed by atoms with Crippen LogP contribution in [0.15, 0.2) is 54.6 Å². The van der Waals surface area contributed by atoms with Crippen LogP contribution in [0.1, 0.15) is 33.9 Å². The van der Waals surface area contributed by atoms with Gasteiger partial charge in [-0.3, -0.25) is 0 Å². The van der Waals surface area contributed by atoms with Gasteiger partial charge >= 0.3 is 0 Å². The summed E-state index contributed by atoms with van der Waals surface area (Å²) in [7, 11) is 3.46. The fraction of sp³-hybridized carbons (Fsp3) is 0.333. The lowest BCUT2D eigenvalue weighted by atomic mass is 9.80. The van der Waals surface area contributed by atoms with Gasteiger partial charge in [0, 0.05) is 24.0 Å². The van der Waals surface area contributed by atoms with E-state index in [1.165, 1.54) is 27.8 Å². The molecule has 2 atom stereocenters. The molecule has 0 radical (unpaired) electrons. The van der Waals surface area contributed by atoms with Gasteiger partial charge < -0.3 is 23.4 Å². The predicted molar refractivity (Wildman–Crippen MR) is 121 cm³/mol. The third-order valence-electron chi connectivity index (χ3n) is 7.45. The first-order valence-corrected chi connectivity index (χ1v) is 11.3. The van der Waals surface area contributed by atoms with Crippen LogP contribution in [-0.2, 0) is 25.9 Å². The molecule has 5 nitrogen and oxygen atoms in total. The number of methoxy groups -OCH3 is 2. The smallest absolute Gasteiger partial charge is 0.231 e. The van der Waals surface area contributed by atoms with Gasteiger partial charge in [0.05, 0.1) is 26.3 Å². The molecule has 0 aliphatic carbocycles. The molecule has 0 saturated carbocycles. The van der Waals surface area contributed by atoms with Gasteiger partial charge in [0.15, 0.2) is 23.0 Å². The Morgan fingerprint density at radius 2 is 1.75 bits per heavy atom. The lowest BCUT2D eigenvalue weighted by Gasteiger charge is -2.51. The molecule has 3 heterocycles. The highest BCUT2D eigenvalue weighted by Gasteiger charge is 2.47. The second-order valence-electron chi connectivity index (χ2n) is 9.06. The lowest BCUT2D eigenvalue weighted by molar-refractivity contribution is -0.985. The number of benzene rings is 3. The van der Waals surface area contributed by atoms with Crippen LogP contribution in [0.5, 0.6) is 23.0 Å². The van der Waals surface area contributed by atoms with Crippen molar-refractivity contribution in [1.29, 1.82) is 0 Å². The maximum Gasteiger partial charge on any atom is 0.231 e. The first kappa shape index (κ1) is 19.5. The monoisotopic (exact) mass is 430 g/mol. The minimum absolute atomic E-state index is 0.312. The van der Waals surface area contributed by atoms with E-state index in [-0.39, 0.29) is 0 Å². The molecule has 32 heavy (non-hydrogen) atoms. The molecule has 0 unspecified atom stereocenters. The highest BCUT2D eigenvalue weighted by molar-refractivity contribution is 5.54. The third-order valence-corrected chi connectivity index (χ3v) is 7.45. The number of quaternary nitrogens is 1. The maximum atomic E-state index is 5.87. The second kappa shape index (κ2) is 7.45. The Bertz CT molecular complexity index is 1180. The van der Waals surface area contributed by atoms with Crippen LogP contribution in [-0.4, -0.2) is 32.0 Å². The molecule has 5 heteroatoms. The minimum atomic E-state index is 0.312. The highest BCUT2D eigenvalue weighted by atomic mass is 16.7. The van der Waals surface area contributed by atoms with Gasteiger partial charge in [0.1, 0.15) is 19.1 Å². The minimum Gasteiger partial charge on any atom is -0.493 e. The van der Waals surface area contributed by atoms with Gasteiger partial charge in [-0.15, -0.1) is 0 Å². The Hall–Kier alpha value is -3.18. The zero-order valence-corrected chi connectivity index (χ0v) is 18.6. The van der Waals surface area contributed by atoms with Crippen molar-refractivity contribution in [3.05, 3.63) is 82.4 Å². The number of hydrogen-bond acceptors (Lipinski definition) is 4. The average molecular weight is 431 g/mol. The molecule has 0 amide bonds. The van der Waals surface area contributed by atoms with Crippen molar-refractivity contribution in [2.45, 2.75) is 32.0 Å². The summed E-state index contributed by atoms with van der Waals surface area (Å²) in [5.74, 6) is 3.45. The zero-order valence-electron chi connectivity index (χ0n) is 18.6. The first-order valence-electron chi connectivity index (χ1n) is 11.3. The molecule has 0 saturated heterocycles. The first-order chi connectivity index (χ1) is 15.7. The van der Waals surface area contributed by atoms with Crippen LogP contribution in [0, 0.1) is 0 Å². The summed E-state index contributed by atoms with van der Waals surface area (Å²) in [6.45, 7) is 3.29. The Morgan fingerprint density at radius 1 is 0.938 bits per heavy atom. The van der Waals surface area contributed by atoms with Gasteiger partial charge in [-0.25, -0.2) is 0 Å². The summed E-state index contributed by atoms with van der Waals surface area (Å²) in [4.78, 5) is 0. The van der Waals surface area contributed by atoms with Crippen molar-refractivity contribution in [1.82, 2.24) is 0 Å². The van der Waals surface area contributed by atoms with Crippen molar-refractivity contribution in [2.75, 3.05) is 27.6 Å². The average Bonchev–Trinajstić information content (AvgIpc) is 3.29. The molecule has 0 fully saturated rings. The van der Waals surface area contributed by atoms with Crippen LogP contribution in [0.2, 0.25) is 0 Å². The largest absolute Gasteiger partial charge is 0.493 e. The van der Waals surface area contributed by atoms with Crippen molar-refractivity contribution < 1.29 is 23.4 Å². The highest BCUT2D eigenvalue weighted by Crippen LogP contribution is 2.51. The van der Waals surface area contributed by atoms with E-state index in [1.807, 2.05) is 6.07 Å². The summed E-state index contributed by atoms with van der Waals surface area (Å²) in [6, 6.07) is 19.9. The van der Waals surface area contributed by atoms with Gasteiger partial charge in [-0.2, -0.15) is 0 Å². The Labute approximate surface area is 188 Å². The van der Waals surface area contributed by atoms with Crippen LogP contribution in [0.3, 0.4) is 0 Å². The summed E-state index contributed by atoms with van der Waals surface area (Å²) < 4.78 is 23.9. The quantitative estimate of drug-likeness (QED) is 0.557. The van der Waals surface area contributed by atoms with Crippen LogP contribution in [0.4, 0.5) is 0 Å². The van der Waals surface area contributed by atoms with Crippen molar-refractivity contribution in [3.8, 4) is 23.0 Å². The summed E-state index contributed by atoms with van der Waals surface area (Å²) in [5, 5.41) is 0. The molecule has 164 valence electrons. The molecule has 3 aromatic rings. The third kappa shape index (κ3) is 2.95. The molecule has 0 bridgehead atoms. The molecule has 3 aliphatic heterocycles. The standard InChI is InChI=1S/C27H28NO4/c1-29-24-9-8-19-12-23-21-14-26-25(31-17-32-26)13-20(21)10-11-28(23,16-22(19)27(24)30-2)15-18-6-4-3-5-7-18/h3-9,13-14,23H,10-12,15-17H2,1-2H3/q+1/t23-,28-/m1/s1. The molecular formula is C27H28NO4+. The van der Waals surface area contributed by atoms with E-state index in [1.54, 1.807) is 14.2 Å². The molecule has 6 rings (SSSR count). The number of ether oxygens (including phenoxy) is 4. The van der Waals surface area contributed by atoms with Gasteiger partial charge in [-0.05, 0) is 29.3 Å². The molecule has 3 aromatic carbocycles. The van der Waals surface area contributed by atoms with Crippen LogP contribution < -0.4 is 18.9 Å². The SMILES string of the molecule is COc1ccc2c(c1OC)C[N@+]1(Cc3ccccc3)CCc3cc4c(cc3[C@H]1C2)OCO4. The normalized spacial score (nSPS) is 22.5. The summed E-state index contributed by atoms with van der Waals surface area (Å²) in [6.07, 6.45) is 1.99. The van der Waals surface area contributed by atoms with Crippen LogP contribution >= 0.6 is 0 Å². The molecular weight excluding hydrogens is 402 g/mol. The fourth-order valence-electron chi connectivity index (χ4n) is 5.92. The zero-order chi connectivity index (χ0) is 21.7. The van der Waals surface area contributed by atoms with Crippen LogP contribution in [0.25, 0.3) is 0 Å². The number of rotatable bonds is 4. The van der Waals surface area contributed by atoms with E-state index in [0.717, 1.165) is 60.0 Å². The lowest BCUT2D eigenvalue weighted by Crippen LogP contribution is -2.55. The maximum absolute atomic E-state index is 5.87. The molecule has 0 spiro atoms. The topological polar surface area (TPSA) is 36.9 Å². The molecule has 3 aliphatic rings. The van der Waals surface area contributed by atoms with E-state index in [2.05, 4.69) is 48.5 Å².